The number of carbonyl (C=O) groups is 1. The van der Waals surface area contributed by atoms with Crippen molar-refractivity contribution in [1.82, 2.24) is 10.2 Å². The number of aliphatic imine (C=N–C) groups is 1. The third-order valence-electron chi connectivity index (χ3n) is 4.70. The highest BCUT2D eigenvalue weighted by Crippen LogP contribution is 2.18. The van der Waals surface area contributed by atoms with Gasteiger partial charge in [0, 0.05) is 40.4 Å². The van der Waals surface area contributed by atoms with E-state index in [-0.39, 0.29) is 29.9 Å². The van der Waals surface area contributed by atoms with Crippen molar-refractivity contribution in [3.63, 3.8) is 0 Å². The van der Waals surface area contributed by atoms with Gasteiger partial charge in [0.1, 0.15) is 0 Å². The van der Waals surface area contributed by atoms with Crippen LogP contribution in [0.4, 0.5) is 0 Å². The first-order chi connectivity index (χ1) is 12.6. The van der Waals surface area contributed by atoms with Gasteiger partial charge in [0.2, 0.25) is 0 Å². The summed E-state index contributed by atoms with van der Waals surface area (Å²) in [5, 5.41) is 3.38. The van der Waals surface area contributed by atoms with Gasteiger partial charge in [-0.25, -0.2) is 4.79 Å². The van der Waals surface area contributed by atoms with Crippen molar-refractivity contribution in [2.75, 3.05) is 40.5 Å². The van der Waals surface area contributed by atoms with E-state index < -0.39 is 0 Å². The molecule has 2 rings (SSSR count). The van der Waals surface area contributed by atoms with E-state index in [1.54, 1.807) is 26.1 Å². The summed E-state index contributed by atoms with van der Waals surface area (Å²) in [5.41, 5.74) is 1.67. The molecule has 1 aromatic carbocycles. The van der Waals surface area contributed by atoms with Gasteiger partial charge in [-0.05, 0) is 49.8 Å². The predicted molar refractivity (Wildman–Crippen MR) is 119 cm³/mol. The summed E-state index contributed by atoms with van der Waals surface area (Å²) in [6.45, 7) is 5.62. The Kier molecular flexibility index (Phi) is 11.3. The molecule has 0 spiro atoms. The van der Waals surface area contributed by atoms with Gasteiger partial charge >= 0.3 is 5.97 Å². The summed E-state index contributed by atoms with van der Waals surface area (Å²) in [6.07, 6.45) is 3.48. The van der Waals surface area contributed by atoms with Crippen molar-refractivity contribution in [3.05, 3.63) is 35.4 Å². The molecule has 27 heavy (non-hydrogen) atoms. The second kappa shape index (κ2) is 12.9. The molecule has 0 bridgehead atoms. The molecule has 0 radical (unpaired) electrons. The molecule has 152 valence electrons. The SMILES string of the molecule is CCOC(=O)c1ccc(CNC(=NC)N(C)CCC2CCOCC2)cc1.I. The molecule has 7 heteroatoms. The Balaban J connectivity index is 0.00000364. The van der Waals surface area contributed by atoms with Crippen LogP contribution in [0.1, 0.15) is 42.1 Å². The first kappa shape index (κ1) is 23.7. The number of nitrogens with one attached hydrogen (secondary N) is 1. The molecule has 0 atom stereocenters. The Morgan fingerprint density at radius 2 is 1.96 bits per heavy atom. The van der Waals surface area contributed by atoms with Crippen LogP contribution in [0.25, 0.3) is 0 Å². The van der Waals surface area contributed by atoms with Gasteiger partial charge in [0.15, 0.2) is 5.96 Å². The summed E-state index contributed by atoms with van der Waals surface area (Å²) in [6, 6.07) is 7.47. The summed E-state index contributed by atoms with van der Waals surface area (Å²) in [5.74, 6) is 1.35. The third kappa shape index (κ3) is 8.04. The van der Waals surface area contributed by atoms with Crippen LogP contribution in [0.2, 0.25) is 0 Å². The molecule has 6 nitrogen and oxygen atoms in total. The average Bonchev–Trinajstić information content (AvgIpc) is 2.68. The molecule has 1 fully saturated rings. The molecule has 0 aliphatic carbocycles. The van der Waals surface area contributed by atoms with Gasteiger partial charge in [-0.1, -0.05) is 12.1 Å². The highest BCUT2D eigenvalue weighted by atomic mass is 127. The van der Waals surface area contributed by atoms with Crippen LogP contribution in [0.5, 0.6) is 0 Å². The molecule has 0 aromatic heterocycles. The number of carbonyl (C=O) groups excluding carboxylic acids is 1. The zero-order valence-corrected chi connectivity index (χ0v) is 18.9. The first-order valence-electron chi connectivity index (χ1n) is 9.39. The molecule has 1 N–H and O–H groups in total. The van der Waals surface area contributed by atoms with Crippen molar-refractivity contribution >= 4 is 35.9 Å². The Morgan fingerprint density at radius 3 is 2.56 bits per heavy atom. The lowest BCUT2D eigenvalue weighted by atomic mass is 9.96. The normalized spacial score (nSPS) is 15.0. The minimum atomic E-state index is -0.282. The van der Waals surface area contributed by atoms with Crippen LogP contribution in [0.15, 0.2) is 29.3 Å². The number of nitrogens with zero attached hydrogens (tertiary/aromatic N) is 2. The lowest BCUT2D eigenvalue weighted by Crippen LogP contribution is -2.39. The van der Waals surface area contributed by atoms with E-state index in [9.17, 15) is 4.79 Å². The fraction of sp³-hybridized carbons (Fsp3) is 0.600. The van der Waals surface area contributed by atoms with Crippen LogP contribution in [0.3, 0.4) is 0 Å². The summed E-state index contributed by atoms with van der Waals surface area (Å²) < 4.78 is 10.4. The largest absolute Gasteiger partial charge is 0.462 e. The van der Waals surface area contributed by atoms with Crippen molar-refractivity contribution in [2.24, 2.45) is 10.9 Å². The highest BCUT2D eigenvalue weighted by Gasteiger charge is 2.15. The number of benzene rings is 1. The smallest absolute Gasteiger partial charge is 0.338 e. The first-order valence-corrected chi connectivity index (χ1v) is 9.39. The standard InChI is InChI=1S/C20H31N3O3.HI/c1-4-26-19(24)18-7-5-17(6-8-18)15-22-20(21-2)23(3)12-9-16-10-13-25-14-11-16;/h5-8,16H,4,9-15H2,1-3H3,(H,21,22);1H. The summed E-state index contributed by atoms with van der Waals surface area (Å²) in [4.78, 5) is 18.2. The maximum Gasteiger partial charge on any atom is 0.338 e. The number of ether oxygens (including phenoxy) is 2. The molecule has 1 aromatic rings. The molecule has 0 amide bonds. The molecule has 1 aliphatic heterocycles. The number of guanidine groups is 1. The van der Waals surface area contributed by atoms with Crippen LogP contribution in [-0.4, -0.2) is 57.3 Å². The van der Waals surface area contributed by atoms with Crippen LogP contribution >= 0.6 is 24.0 Å². The van der Waals surface area contributed by atoms with E-state index in [0.29, 0.717) is 18.7 Å². The number of hydrogen-bond acceptors (Lipinski definition) is 4. The van der Waals surface area contributed by atoms with Crippen molar-refractivity contribution < 1.29 is 14.3 Å². The molecule has 1 saturated heterocycles. The van der Waals surface area contributed by atoms with Gasteiger partial charge in [-0.15, -0.1) is 24.0 Å². The quantitative estimate of drug-likeness (QED) is 0.276. The topological polar surface area (TPSA) is 63.2 Å². The van der Waals surface area contributed by atoms with Gasteiger partial charge in [0.25, 0.3) is 0 Å². The fourth-order valence-corrected chi connectivity index (χ4v) is 3.06. The fourth-order valence-electron chi connectivity index (χ4n) is 3.06. The minimum Gasteiger partial charge on any atom is -0.462 e. The monoisotopic (exact) mass is 489 g/mol. The second-order valence-electron chi connectivity index (χ2n) is 6.58. The Bertz CT molecular complexity index is 587. The lowest BCUT2D eigenvalue weighted by Gasteiger charge is -2.26. The molecule has 0 unspecified atom stereocenters. The molecule has 1 heterocycles. The summed E-state index contributed by atoms with van der Waals surface area (Å²) in [7, 11) is 3.87. The van der Waals surface area contributed by atoms with Gasteiger partial charge < -0.3 is 19.7 Å². The Hall–Kier alpha value is -1.35. The minimum absolute atomic E-state index is 0. The van der Waals surface area contributed by atoms with E-state index in [4.69, 9.17) is 9.47 Å². The number of esters is 1. The van der Waals surface area contributed by atoms with E-state index in [1.165, 1.54) is 0 Å². The summed E-state index contributed by atoms with van der Waals surface area (Å²) >= 11 is 0. The van der Waals surface area contributed by atoms with Crippen LogP contribution in [0, 0.1) is 5.92 Å². The van der Waals surface area contributed by atoms with E-state index in [1.807, 2.05) is 12.1 Å². The highest BCUT2D eigenvalue weighted by molar-refractivity contribution is 14.0. The van der Waals surface area contributed by atoms with E-state index in [0.717, 1.165) is 56.5 Å². The Morgan fingerprint density at radius 1 is 1.30 bits per heavy atom. The second-order valence-corrected chi connectivity index (χ2v) is 6.58. The number of halogens is 1. The van der Waals surface area contributed by atoms with Crippen LogP contribution < -0.4 is 5.32 Å². The number of rotatable bonds is 7. The van der Waals surface area contributed by atoms with Crippen molar-refractivity contribution in [2.45, 2.75) is 32.7 Å². The zero-order valence-electron chi connectivity index (χ0n) is 16.6. The molecular weight excluding hydrogens is 457 g/mol. The van der Waals surface area contributed by atoms with Gasteiger partial charge in [-0.3, -0.25) is 4.99 Å². The molecular formula is C20H32IN3O3. The zero-order chi connectivity index (χ0) is 18.8. The maximum atomic E-state index is 11.7. The third-order valence-corrected chi connectivity index (χ3v) is 4.70. The lowest BCUT2D eigenvalue weighted by molar-refractivity contribution is 0.0526. The maximum absolute atomic E-state index is 11.7. The van der Waals surface area contributed by atoms with Crippen molar-refractivity contribution in [3.8, 4) is 0 Å². The van der Waals surface area contributed by atoms with E-state index >= 15 is 0 Å². The van der Waals surface area contributed by atoms with Gasteiger partial charge in [-0.2, -0.15) is 0 Å². The molecule has 1 aliphatic rings. The van der Waals surface area contributed by atoms with Crippen LogP contribution in [-0.2, 0) is 16.0 Å². The Labute approximate surface area is 179 Å². The number of hydrogen-bond donors (Lipinski definition) is 1. The van der Waals surface area contributed by atoms with E-state index in [2.05, 4.69) is 22.3 Å². The van der Waals surface area contributed by atoms with Gasteiger partial charge in [0.05, 0.1) is 12.2 Å². The average molecular weight is 489 g/mol. The predicted octanol–water partition coefficient (Wildman–Crippen LogP) is 3.31. The van der Waals surface area contributed by atoms with Crippen molar-refractivity contribution in [1.29, 1.82) is 0 Å². The molecule has 0 saturated carbocycles.